The van der Waals surface area contributed by atoms with E-state index in [1.54, 1.807) is 0 Å². The van der Waals surface area contributed by atoms with Gasteiger partial charge in [-0.25, -0.2) is 4.98 Å². The maximum atomic E-state index is 13.0. The molecule has 1 N–H and O–H groups in total. The van der Waals surface area contributed by atoms with Gasteiger partial charge in [0, 0.05) is 43.5 Å². The van der Waals surface area contributed by atoms with Gasteiger partial charge < -0.3 is 10.0 Å². The van der Waals surface area contributed by atoms with E-state index >= 15 is 0 Å². The lowest BCUT2D eigenvalue weighted by molar-refractivity contribution is 0.0470. The SMILES string of the molecule is Cc1cccc(-n2cnc3cc(C(=O)N4CCN(CCO)C(C)C4)ccc32)c1. The minimum atomic E-state index is 0.0440. The molecule has 146 valence electrons. The molecule has 0 radical (unpaired) electrons. The summed E-state index contributed by atoms with van der Waals surface area (Å²) in [6, 6.07) is 14.3. The first kappa shape index (κ1) is 18.7. The number of carbonyl (C=O) groups excluding carboxylic acids is 1. The van der Waals surface area contributed by atoms with Crippen molar-refractivity contribution in [2.45, 2.75) is 19.9 Å². The molecule has 1 aromatic heterocycles. The molecule has 28 heavy (non-hydrogen) atoms. The zero-order valence-electron chi connectivity index (χ0n) is 16.4. The Hall–Kier alpha value is -2.70. The Labute approximate surface area is 165 Å². The number of carbonyl (C=O) groups is 1. The Bertz CT molecular complexity index is 997. The fourth-order valence-corrected chi connectivity index (χ4v) is 3.95. The molecule has 0 saturated carbocycles. The monoisotopic (exact) mass is 378 g/mol. The van der Waals surface area contributed by atoms with Crippen LogP contribution in [0.2, 0.25) is 0 Å². The molecule has 1 amide bonds. The lowest BCUT2D eigenvalue weighted by Gasteiger charge is -2.39. The van der Waals surface area contributed by atoms with Crippen LogP contribution in [-0.4, -0.2) is 69.2 Å². The number of aliphatic hydroxyl groups excluding tert-OH is 1. The van der Waals surface area contributed by atoms with E-state index in [4.69, 9.17) is 5.11 Å². The smallest absolute Gasteiger partial charge is 0.254 e. The normalized spacial score (nSPS) is 18.0. The van der Waals surface area contributed by atoms with Crippen molar-refractivity contribution in [2.75, 3.05) is 32.8 Å². The second-order valence-electron chi connectivity index (χ2n) is 7.52. The molecule has 2 aromatic carbocycles. The third-order valence-electron chi connectivity index (χ3n) is 5.51. The summed E-state index contributed by atoms with van der Waals surface area (Å²) in [7, 11) is 0. The number of fused-ring (bicyclic) bond motifs is 1. The molecule has 1 saturated heterocycles. The van der Waals surface area contributed by atoms with Crippen LogP contribution in [-0.2, 0) is 0 Å². The number of aliphatic hydroxyl groups is 1. The van der Waals surface area contributed by atoms with Crippen molar-refractivity contribution >= 4 is 16.9 Å². The van der Waals surface area contributed by atoms with E-state index in [1.807, 2.05) is 40.1 Å². The fourth-order valence-electron chi connectivity index (χ4n) is 3.95. The van der Waals surface area contributed by atoms with Crippen LogP contribution in [0.25, 0.3) is 16.7 Å². The van der Waals surface area contributed by atoms with Gasteiger partial charge in [-0.15, -0.1) is 0 Å². The molecule has 6 nitrogen and oxygen atoms in total. The van der Waals surface area contributed by atoms with Gasteiger partial charge >= 0.3 is 0 Å². The first-order chi connectivity index (χ1) is 13.6. The molecule has 1 fully saturated rings. The van der Waals surface area contributed by atoms with E-state index in [2.05, 4.69) is 41.9 Å². The summed E-state index contributed by atoms with van der Waals surface area (Å²) in [5, 5.41) is 9.16. The van der Waals surface area contributed by atoms with Crippen molar-refractivity contribution < 1.29 is 9.90 Å². The third-order valence-corrected chi connectivity index (χ3v) is 5.51. The van der Waals surface area contributed by atoms with Gasteiger partial charge in [0.25, 0.3) is 5.91 Å². The molecule has 3 aromatic rings. The van der Waals surface area contributed by atoms with Gasteiger partial charge in [0.1, 0.15) is 6.33 Å². The summed E-state index contributed by atoms with van der Waals surface area (Å²) >= 11 is 0. The maximum Gasteiger partial charge on any atom is 0.254 e. The Balaban J connectivity index is 1.56. The van der Waals surface area contributed by atoms with E-state index < -0.39 is 0 Å². The van der Waals surface area contributed by atoms with Gasteiger partial charge in [-0.05, 0) is 49.7 Å². The summed E-state index contributed by atoms with van der Waals surface area (Å²) in [6.07, 6.45) is 1.81. The van der Waals surface area contributed by atoms with Crippen molar-refractivity contribution in [3.8, 4) is 5.69 Å². The highest BCUT2D eigenvalue weighted by Crippen LogP contribution is 2.21. The highest BCUT2D eigenvalue weighted by Gasteiger charge is 2.27. The van der Waals surface area contributed by atoms with E-state index in [0.29, 0.717) is 25.2 Å². The predicted molar refractivity (Wildman–Crippen MR) is 110 cm³/mol. The largest absolute Gasteiger partial charge is 0.395 e. The van der Waals surface area contributed by atoms with Gasteiger partial charge in [-0.3, -0.25) is 14.3 Å². The summed E-state index contributed by atoms with van der Waals surface area (Å²) in [5.74, 6) is 0.0440. The van der Waals surface area contributed by atoms with Crippen molar-refractivity contribution in [1.82, 2.24) is 19.4 Å². The van der Waals surface area contributed by atoms with Crippen molar-refractivity contribution in [3.63, 3.8) is 0 Å². The molecule has 0 aliphatic carbocycles. The third kappa shape index (κ3) is 3.53. The molecule has 0 bridgehead atoms. The summed E-state index contributed by atoms with van der Waals surface area (Å²) in [4.78, 5) is 21.6. The van der Waals surface area contributed by atoms with E-state index in [1.165, 1.54) is 5.56 Å². The quantitative estimate of drug-likeness (QED) is 0.758. The van der Waals surface area contributed by atoms with Gasteiger partial charge in [0.2, 0.25) is 0 Å². The van der Waals surface area contributed by atoms with Crippen LogP contribution in [0.15, 0.2) is 48.8 Å². The number of imidazole rings is 1. The summed E-state index contributed by atoms with van der Waals surface area (Å²) < 4.78 is 2.05. The van der Waals surface area contributed by atoms with E-state index in [-0.39, 0.29) is 18.6 Å². The molecule has 4 rings (SSSR count). The number of aromatic nitrogens is 2. The van der Waals surface area contributed by atoms with Gasteiger partial charge in [0.15, 0.2) is 0 Å². The van der Waals surface area contributed by atoms with Crippen LogP contribution >= 0.6 is 0 Å². The van der Waals surface area contributed by atoms with Crippen molar-refractivity contribution in [1.29, 1.82) is 0 Å². The number of rotatable bonds is 4. The van der Waals surface area contributed by atoms with Crippen LogP contribution in [0.4, 0.5) is 0 Å². The highest BCUT2D eigenvalue weighted by molar-refractivity contribution is 5.97. The van der Waals surface area contributed by atoms with E-state index in [0.717, 1.165) is 23.3 Å². The first-order valence-electron chi connectivity index (χ1n) is 9.75. The number of piperazine rings is 1. The number of aryl methyl sites for hydroxylation is 1. The number of benzene rings is 2. The molecule has 0 spiro atoms. The second-order valence-corrected chi connectivity index (χ2v) is 7.52. The highest BCUT2D eigenvalue weighted by atomic mass is 16.3. The zero-order valence-corrected chi connectivity index (χ0v) is 16.4. The van der Waals surface area contributed by atoms with E-state index in [9.17, 15) is 4.79 Å². The maximum absolute atomic E-state index is 13.0. The van der Waals surface area contributed by atoms with Crippen molar-refractivity contribution in [2.24, 2.45) is 0 Å². The Morgan fingerprint density at radius 2 is 2.07 bits per heavy atom. The van der Waals surface area contributed by atoms with Crippen LogP contribution < -0.4 is 0 Å². The number of hydrogen-bond acceptors (Lipinski definition) is 4. The molecule has 1 aliphatic rings. The van der Waals surface area contributed by atoms with Crippen molar-refractivity contribution in [3.05, 3.63) is 59.9 Å². The Kier molecular flexibility index (Phi) is 5.15. The number of β-amino-alcohol motifs (C(OH)–C–C–N with tert-alkyl or cyclic N) is 1. The van der Waals surface area contributed by atoms with Crippen LogP contribution in [0.3, 0.4) is 0 Å². The Morgan fingerprint density at radius 3 is 2.82 bits per heavy atom. The second kappa shape index (κ2) is 7.73. The van der Waals surface area contributed by atoms with Crippen LogP contribution in [0.1, 0.15) is 22.8 Å². The molecule has 1 aliphatic heterocycles. The zero-order chi connectivity index (χ0) is 19.7. The lowest BCUT2D eigenvalue weighted by atomic mass is 10.1. The molecular weight excluding hydrogens is 352 g/mol. The Morgan fingerprint density at radius 1 is 1.21 bits per heavy atom. The molecule has 1 unspecified atom stereocenters. The predicted octanol–water partition coefficient (Wildman–Crippen LogP) is 2.47. The average Bonchev–Trinajstić information content (AvgIpc) is 3.12. The minimum Gasteiger partial charge on any atom is -0.395 e. The summed E-state index contributed by atoms with van der Waals surface area (Å²) in [6.45, 7) is 7.12. The number of amides is 1. The molecule has 6 heteroatoms. The molecular formula is C22H26N4O2. The average molecular weight is 378 g/mol. The fraction of sp³-hybridized carbons (Fsp3) is 0.364. The molecule has 1 atom stereocenters. The minimum absolute atomic E-state index is 0.0440. The number of nitrogens with zero attached hydrogens (tertiary/aromatic N) is 4. The molecule has 2 heterocycles. The number of hydrogen-bond donors (Lipinski definition) is 1. The first-order valence-corrected chi connectivity index (χ1v) is 9.75. The standard InChI is InChI=1S/C22H26N4O2/c1-16-4-3-5-19(12-16)26-15-23-20-13-18(6-7-21(20)26)22(28)25-9-8-24(10-11-27)17(2)14-25/h3-7,12-13,15,17,27H,8-11,14H2,1-2H3. The topological polar surface area (TPSA) is 61.6 Å². The van der Waals surface area contributed by atoms with Crippen LogP contribution in [0, 0.1) is 6.92 Å². The lowest BCUT2D eigenvalue weighted by Crippen LogP contribution is -2.54. The van der Waals surface area contributed by atoms with Crippen LogP contribution in [0.5, 0.6) is 0 Å². The van der Waals surface area contributed by atoms with Gasteiger partial charge in [-0.2, -0.15) is 0 Å². The summed E-state index contributed by atoms with van der Waals surface area (Å²) in [5.41, 5.74) is 4.74. The van der Waals surface area contributed by atoms with Gasteiger partial charge in [0.05, 0.1) is 17.6 Å². The van der Waals surface area contributed by atoms with Gasteiger partial charge in [-0.1, -0.05) is 12.1 Å².